The molecule has 0 bridgehead atoms. The molecule has 0 N–H and O–H groups in total. The number of hydrogen-bond acceptors (Lipinski definition) is 5. The largest absolute Gasteiger partial charge is 0.338 e. The minimum absolute atomic E-state index is 0.582. The van der Waals surface area contributed by atoms with E-state index in [9.17, 15) is 0 Å². The molecule has 2 aromatic rings. The number of hydrogen-bond donors (Lipinski definition) is 0. The van der Waals surface area contributed by atoms with E-state index in [0.29, 0.717) is 6.04 Å². The first-order valence-corrected chi connectivity index (χ1v) is 8.17. The maximum Gasteiger partial charge on any atom is 0.226 e. The summed E-state index contributed by atoms with van der Waals surface area (Å²) in [6.07, 6.45) is 5.63. The molecule has 2 aliphatic carbocycles. The summed E-state index contributed by atoms with van der Waals surface area (Å²) >= 11 is 1.55. The van der Waals surface area contributed by atoms with Crippen LogP contribution in [0.2, 0.25) is 0 Å². The number of rotatable bonds is 2. The molecule has 1 saturated heterocycles. The smallest absolute Gasteiger partial charge is 0.226 e. The first kappa shape index (κ1) is 11.2. The van der Waals surface area contributed by atoms with Crippen molar-refractivity contribution in [1.82, 2.24) is 14.3 Å². The van der Waals surface area contributed by atoms with Gasteiger partial charge in [0.2, 0.25) is 5.95 Å². The van der Waals surface area contributed by atoms with Crippen LogP contribution in [0.5, 0.6) is 0 Å². The highest BCUT2D eigenvalue weighted by molar-refractivity contribution is 7.09. The van der Waals surface area contributed by atoms with Crippen molar-refractivity contribution in [3.05, 3.63) is 23.5 Å². The van der Waals surface area contributed by atoms with Gasteiger partial charge in [0.1, 0.15) is 0 Å². The van der Waals surface area contributed by atoms with Crippen molar-refractivity contribution in [1.29, 1.82) is 0 Å². The topological polar surface area (TPSA) is 41.9 Å². The van der Waals surface area contributed by atoms with Crippen molar-refractivity contribution in [2.75, 3.05) is 11.4 Å². The van der Waals surface area contributed by atoms with Crippen molar-refractivity contribution in [3.8, 4) is 10.6 Å². The standard InChI is InChI=1S/C15H16N4S/c1-8-3-5-19(8)15-17-13-10-6-9(10)7-11(13)14(18-15)12-2-4-16-20-12/h2,4,8-10H,3,5-7H2,1H3/t8-,9?,10?/m0/s1. The zero-order valence-corrected chi connectivity index (χ0v) is 12.2. The monoisotopic (exact) mass is 284 g/mol. The highest BCUT2D eigenvalue weighted by Gasteiger charge is 2.48. The fraction of sp³-hybridized carbons (Fsp3) is 0.533. The molecule has 2 unspecified atom stereocenters. The average molecular weight is 284 g/mol. The summed E-state index contributed by atoms with van der Waals surface area (Å²) in [5, 5.41) is 0. The zero-order valence-electron chi connectivity index (χ0n) is 11.4. The molecule has 4 nitrogen and oxygen atoms in total. The van der Waals surface area contributed by atoms with Gasteiger partial charge in [-0.2, -0.15) is 0 Å². The minimum atomic E-state index is 0.582. The van der Waals surface area contributed by atoms with Crippen molar-refractivity contribution >= 4 is 17.5 Å². The lowest BCUT2D eigenvalue weighted by Gasteiger charge is -2.39. The van der Waals surface area contributed by atoms with E-state index in [0.717, 1.165) is 30.0 Å². The Morgan fingerprint density at radius 1 is 1.35 bits per heavy atom. The molecule has 5 heteroatoms. The summed E-state index contributed by atoms with van der Waals surface area (Å²) in [5.41, 5.74) is 3.88. The normalized spacial score (nSPS) is 29.9. The SMILES string of the molecule is C[C@H]1CCN1c1nc(-c2ccns2)c2c(n1)C1CC1C2. The predicted octanol–water partition coefficient (Wildman–Crippen LogP) is 2.86. The van der Waals surface area contributed by atoms with E-state index < -0.39 is 0 Å². The molecule has 3 aliphatic rings. The predicted molar refractivity (Wildman–Crippen MR) is 79.1 cm³/mol. The van der Waals surface area contributed by atoms with E-state index in [1.54, 1.807) is 11.5 Å². The summed E-state index contributed by atoms with van der Waals surface area (Å²) in [6.45, 7) is 3.35. The third kappa shape index (κ3) is 1.44. The van der Waals surface area contributed by atoms with E-state index in [1.807, 2.05) is 6.20 Å². The van der Waals surface area contributed by atoms with Gasteiger partial charge in [0.05, 0.1) is 16.3 Å². The Hall–Kier alpha value is -1.49. The van der Waals surface area contributed by atoms with Crippen LogP contribution in [0, 0.1) is 5.92 Å². The van der Waals surface area contributed by atoms with E-state index in [2.05, 4.69) is 22.3 Å². The van der Waals surface area contributed by atoms with Gasteiger partial charge in [-0.1, -0.05) is 0 Å². The minimum Gasteiger partial charge on any atom is -0.338 e. The Bertz CT molecular complexity index is 681. The molecule has 0 aromatic carbocycles. The van der Waals surface area contributed by atoms with Crippen LogP contribution in [-0.4, -0.2) is 26.9 Å². The lowest BCUT2D eigenvalue weighted by atomic mass is 10.1. The van der Waals surface area contributed by atoms with Crippen molar-refractivity contribution in [2.45, 2.75) is 38.1 Å². The molecule has 3 atom stereocenters. The van der Waals surface area contributed by atoms with E-state index in [1.165, 1.54) is 35.4 Å². The van der Waals surface area contributed by atoms with Crippen LogP contribution < -0.4 is 4.90 Å². The molecule has 2 aromatic heterocycles. The highest BCUT2D eigenvalue weighted by atomic mass is 32.1. The summed E-state index contributed by atoms with van der Waals surface area (Å²) in [4.78, 5) is 13.3. The fourth-order valence-electron chi connectivity index (χ4n) is 3.55. The maximum atomic E-state index is 4.92. The lowest BCUT2D eigenvalue weighted by molar-refractivity contribution is 0.470. The Kier molecular flexibility index (Phi) is 2.12. The van der Waals surface area contributed by atoms with Crippen molar-refractivity contribution in [3.63, 3.8) is 0 Å². The van der Waals surface area contributed by atoms with Gasteiger partial charge in [0.15, 0.2) is 0 Å². The molecule has 5 rings (SSSR count). The quantitative estimate of drug-likeness (QED) is 0.850. The number of fused-ring (bicyclic) bond motifs is 3. The van der Waals surface area contributed by atoms with Gasteiger partial charge in [0, 0.05) is 30.3 Å². The van der Waals surface area contributed by atoms with E-state index in [4.69, 9.17) is 9.97 Å². The summed E-state index contributed by atoms with van der Waals surface area (Å²) in [7, 11) is 0. The molecule has 0 spiro atoms. The van der Waals surface area contributed by atoms with Gasteiger partial charge in [0.25, 0.3) is 0 Å². The molecule has 102 valence electrons. The van der Waals surface area contributed by atoms with E-state index in [-0.39, 0.29) is 0 Å². The Morgan fingerprint density at radius 2 is 2.30 bits per heavy atom. The average Bonchev–Trinajstić information content (AvgIpc) is 2.88. The number of aromatic nitrogens is 3. The van der Waals surface area contributed by atoms with Crippen LogP contribution in [0.15, 0.2) is 12.3 Å². The van der Waals surface area contributed by atoms with Gasteiger partial charge in [-0.3, -0.25) is 0 Å². The van der Waals surface area contributed by atoms with Crippen LogP contribution in [0.3, 0.4) is 0 Å². The van der Waals surface area contributed by atoms with Gasteiger partial charge >= 0.3 is 0 Å². The maximum absolute atomic E-state index is 4.92. The van der Waals surface area contributed by atoms with Gasteiger partial charge < -0.3 is 4.90 Å². The number of nitrogens with zero attached hydrogens (tertiary/aromatic N) is 4. The molecular weight excluding hydrogens is 268 g/mol. The van der Waals surface area contributed by atoms with E-state index >= 15 is 0 Å². The number of anilines is 1. The Balaban J connectivity index is 1.68. The third-order valence-electron chi connectivity index (χ3n) is 5.02. The van der Waals surface area contributed by atoms with Gasteiger partial charge in [-0.25, -0.2) is 14.3 Å². The lowest BCUT2D eigenvalue weighted by Crippen LogP contribution is -2.46. The van der Waals surface area contributed by atoms with Gasteiger partial charge in [-0.05, 0) is 49.7 Å². The van der Waals surface area contributed by atoms with Crippen LogP contribution in [-0.2, 0) is 6.42 Å². The zero-order chi connectivity index (χ0) is 13.3. The molecular formula is C15H16N4S. The first-order chi connectivity index (χ1) is 9.81. The molecule has 0 radical (unpaired) electrons. The van der Waals surface area contributed by atoms with Crippen molar-refractivity contribution < 1.29 is 0 Å². The molecule has 3 heterocycles. The second kappa shape index (κ2) is 3.79. The van der Waals surface area contributed by atoms with Crippen LogP contribution >= 0.6 is 11.5 Å². The summed E-state index contributed by atoms with van der Waals surface area (Å²) in [5.74, 6) is 2.50. The second-order valence-electron chi connectivity index (χ2n) is 6.25. The van der Waals surface area contributed by atoms with Gasteiger partial charge in [-0.15, -0.1) is 0 Å². The Morgan fingerprint density at radius 3 is 3.00 bits per heavy atom. The molecule has 1 saturated carbocycles. The van der Waals surface area contributed by atoms with Crippen LogP contribution in [0.4, 0.5) is 5.95 Å². The second-order valence-corrected chi connectivity index (χ2v) is 7.08. The molecule has 0 amide bonds. The van der Waals surface area contributed by atoms with Crippen molar-refractivity contribution in [2.24, 2.45) is 5.92 Å². The highest BCUT2D eigenvalue weighted by Crippen LogP contribution is 2.57. The Labute approximate surface area is 122 Å². The molecule has 2 fully saturated rings. The summed E-state index contributed by atoms with van der Waals surface area (Å²) < 4.78 is 4.25. The van der Waals surface area contributed by atoms with Crippen LogP contribution in [0.25, 0.3) is 10.6 Å². The fourth-order valence-corrected chi connectivity index (χ4v) is 4.16. The molecule has 1 aliphatic heterocycles. The molecule has 20 heavy (non-hydrogen) atoms. The third-order valence-corrected chi connectivity index (χ3v) is 5.77. The summed E-state index contributed by atoms with van der Waals surface area (Å²) in [6, 6.07) is 2.67. The first-order valence-electron chi connectivity index (χ1n) is 7.40. The van der Waals surface area contributed by atoms with Crippen LogP contribution in [0.1, 0.15) is 36.9 Å².